The number of morpholine rings is 1. The molecule has 1 N–H and O–H groups in total. The first-order valence-electron chi connectivity index (χ1n) is 9.53. The number of rotatable bonds is 6. The monoisotopic (exact) mass is 366 g/mol. The molecule has 1 amide bonds. The molecule has 0 saturated carbocycles. The summed E-state index contributed by atoms with van der Waals surface area (Å²) < 4.78 is 11.3. The van der Waals surface area contributed by atoms with Gasteiger partial charge in [-0.25, -0.2) is 0 Å². The molecule has 27 heavy (non-hydrogen) atoms. The first kappa shape index (κ1) is 18.0. The summed E-state index contributed by atoms with van der Waals surface area (Å²) in [4.78, 5) is 15.1. The van der Waals surface area contributed by atoms with E-state index in [9.17, 15) is 4.79 Å². The number of nitrogens with zero attached hydrogens (tertiary/aromatic N) is 1. The van der Waals surface area contributed by atoms with Gasteiger partial charge in [-0.1, -0.05) is 42.5 Å². The minimum Gasteiger partial charge on any atom is -0.497 e. The largest absolute Gasteiger partial charge is 0.497 e. The van der Waals surface area contributed by atoms with Gasteiger partial charge in [-0.05, 0) is 29.7 Å². The fourth-order valence-corrected chi connectivity index (χ4v) is 4.05. The predicted molar refractivity (Wildman–Crippen MR) is 103 cm³/mol. The second-order valence-electron chi connectivity index (χ2n) is 7.38. The van der Waals surface area contributed by atoms with Crippen molar-refractivity contribution in [1.29, 1.82) is 0 Å². The number of carbonyl (C=O) groups is 1. The Kier molecular flexibility index (Phi) is 5.41. The van der Waals surface area contributed by atoms with E-state index in [0.29, 0.717) is 6.54 Å². The molecule has 5 nitrogen and oxygen atoms in total. The van der Waals surface area contributed by atoms with Crippen molar-refractivity contribution in [1.82, 2.24) is 10.2 Å². The average molecular weight is 366 g/mol. The number of nitrogens with one attached hydrogen (secondary N) is 1. The molecule has 2 heterocycles. The highest BCUT2D eigenvalue weighted by atomic mass is 16.5. The maximum absolute atomic E-state index is 12.7. The molecule has 142 valence electrons. The summed E-state index contributed by atoms with van der Waals surface area (Å²) in [5.41, 5.74) is 2.37. The maximum atomic E-state index is 12.7. The van der Waals surface area contributed by atoms with E-state index in [-0.39, 0.29) is 24.0 Å². The van der Waals surface area contributed by atoms with E-state index in [1.807, 2.05) is 42.5 Å². The normalized spacial score (nSPS) is 24.6. The van der Waals surface area contributed by atoms with Gasteiger partial charge in [0.2, 0.25) is 5.91 Å². The lowest BCUT2D eigenvalue weighted by Gasteiger charge is -2.32. The topological polar surface area (TPSA) is 50.8 Å². The Morgan fingerprint density at radius 3 is 2.63 bits per heavy atom. The van der Waals surface area contributed by atoms with E-state index in [2.05, 4.69) is 22.3 Å². The third kappa shape index (κ3) is 4.31. The Labute approximate surface area is 160 Å². The molecule has 2 saturated heterocycles. The van der Waals surface area contributed by atoms with Crippen molar-refractivity contribution < 1.29 is 14.3 Å². The molecule has 2 aromatic rings. The Balaban J connectivity index is 1.32. The molecule has 2 aliphatic heterocycles. The number of fused-ring (bicyclic) bond motifs is 2. The number of carbonyl (C=O) groups excluding carboxylic acids is 1. The molecule has 3 atom stereocenters. The van der Waals surface area contributed by atoms with Gasteiger partial charge in [0.1, 0.15) is 5.75 Å². The summed E-state index contributed by atoms with van der Waals surface area (Å²) in [6.07, 6.45) is 0.942. The summed E-state index contributed by atoms with van der Waals surface area (Å²) in [5, 5.41) is 3.08. The van der Waals surface area contributed by atoms with Gasteiger partial charge in [0.25, 0.3) is 0 Å². The van der Waals surface area contributed by atoms with Crippen LogP contribution in [0.3, 0.4) is 0 Å². The fourth-order valence-electron chi connectivity index (χ4n) is 4.05. The predicted octanol–water partition coefficient (Wildman–Crippen LogP) is 2.60. The standard InChI is InChI=1S/C22H26N2O3/c1-26-18-9-7-17(8-10-18)13-24-14-19-11-20(21(15-24)27-19)22(25)23-12-16-5-3-2-4-6-16/h2-10,19-21H,11-15H2,1H3,(H,23,25)/t19-,20+,21-/m1/s1. The zero-order valence-electron chi connectivity index (χ0n) is 15.6. The van der Waals surface area contributed by atoms with Crippen molar-refractivity contribution in [2.45, 2.75) is 31.7 Å². The van der Waals surface area contributed by atoms with Crippen LogP contribution in [0.4, 0.5) is 0 Å². The maximum Gasteiger partial charge on any atom is 0.226 e. The molecule has 0 aromatic heterocycles. The summed E-state index contributed by atoms with van der Waals surface area (Å²) >= 11 is 0. The summed E-state index contributed by atoms with van der Waals surface area (Å²) in [7, 11) is 1.68. The van der Waals surface area contributed by atoms with Gasteiger partial charge in [0, 0.05) is 26.2 Å². The fraction of sp³-hybridized carbons (Fsp3) is 0.409. The number of benzene rings is 2. The zero-order valence-corrected chi connectivity index (χ0v) is 15.6. The molecule has 0 spiro atoms. The lowest BCUT2D eigenvalue weighted by atomic mass is 9.99. The van der Waals surface area contributed by atoms with Crippen LogP contribution in [0.5, 0.6) is 5.75 Å². The second kappa shape index (κ2) is 8.11. The molecule has 2 bridgehead atoms. The molecular formula is C22H26N2O3. The smallest absolute Gasteiger partial charge is 0.226 e. The molecule has 0 unspecified atom stereocenters. The van der Waals surface area contributed by atoms with Crippen LogP contribution in [0, 0.1) is 5.92 Å². The van der Waals surface area contributed by atoms with Crippen molar-refractivity contribution in [2.24, 2.45) is 5.92 Å². The second-order valence-corrected chi connectivity index (χ2v) is 7.38. The van der Waals surface area contributed by atoms with E-state index >= 15 is 0 Å². The van der Waals surface area contributed by atoms with E-state index in [1.165, 1.54) is 5.56 Å². The summed E-state index contributed by atoms with van der Waals surface area (Å²) in [6, 6.07) is 18.2. The van der Waals surface area contributed by atoms with Crippen LogP contribution in [0.1, 0.15) is 17.5 Å². The molecule has 0 aliphatic carbocycles. The van der Waals surface area contributed by atoms with Crippen LogP contribution in [0.15, 0.2) is 54.6 Å². The molecule has 5 heteroatoms. The highest BCUT2D eigenvalue weighted by Crippen LogP contribution is 2.32. The van der Waals surface area contributed by atoms with Crippen LogP contribution >= 0.6 is 0 Å². The number of hydrogen-bond acceptors (Lipinski definition) is 4. The van der Waals surface area contributed by atoms with E-state index in [1.54, 1.807) is 7.11 Å². The van der Waals surface area contributed by atoms with Crippen molar-refractivity contribution in [2.75, 3.05) is 20.2 Å². The number of ether oxygens (including phenoxy) is 2. The van der Waals surface area contributed by atoms with E-state index in [4.69, 9.17) is 9.47 Å². The van der Waals surface area contributed by atoms with Crippen molar-refractivity contribution in [3.05, 3.63) is 65.7 Å². The molecule has 0 radical (unpaired) electrons. The lowest BCUT2D eigenvalue weighted by Crippen LogP contribution is -2.44. The molecule has 2 aliphatic rings. The van der Waals surface area contributed by atoms with Gasteiger partial charge < -0.3 is 14.8 Å². The van der Waals surface area contributed by atoms with Crippen LogP contribution in [0.25, 0.3) is 0 Å². The van der Waals surface area contributed by atoms with Crippen molar-refractivity contribution in [3.8, 4) is 5.75 Å². The third-order valence-corrected chi connectivity index (χ3v) is 5.44. The highest BCUT2D eigenvalue weighted by molar-refractivity contribution is 5.79. The number of amides is 1. The third-order valence-electron chi connectivity index (χ3n) is 5.44. The van der Waals surface area contributed by atoms with E-state index < -0.39 is 0 Å². The number of methoxy groups -OCH3 is 1. The molecule has 4 rings (SSSR count). The van der Waals surface area contributed by atoms with Gasteiger partial charge in [-0.15, -0.1) is 0 Å². The van der Waals surface area contributed by atoms with Gasteiger partial charge in [-0.3, -0.25) is 9.69 Å². The van der Waals surface area contributed by atoms with Crippen molar-refractivity contribution in [3.63, 3.8) is 0 Å². The molecule has 2 aromatic carbocycles. The number of likely N-dealkylation sites (tertiary alicyclic amines) is 1. The Morgan fingerprint density at radius 1 is 1.11 bits per heavy atom. The van der Waals surface area contributed by atoms with Crippen LogP contribution < -0.4 is 10.1 Å². The van der Waals surface area contributed by atoms with Crippen LogP contribution in [-0.2, 0) is 22.6 Å². The number of hydrogen-bond donors (Lipinski definition) is 1. The SMILES string of the molecule is COc1ccc(CN2C[C@H]3C[C@H](C(=O)NCc4ccccc4)[C@@H](C2)O3)cc1. The summed E-state index contributed by atoms with van der Waals surface area (Å²) in [6.45, 7) is 3.12. The minimum atomic E-state index is -0.0559. The Bertz CT molecular complexity index is 763. The van der Waals surface area contributed by atoms with Gasteiger partial charge in [-0.2, -0.15) is 0 Å². The quantitative estimate of drug-likeness (QED) is 0.854. The van der Waals surface area contributed by atoms with Crippen LogP contribution in [0.2, 0.25) is 0 Å². The molecular weight excluding hydrogens is 340 g/mol. The highest BCUT2D eigenvalue weighted by Gasteiger charge is 2.44. The summed E-state index contributed by atoms with van der Waals surface area (Å²) in [5.74, 6) is 0.924. The van der Waals surface area contributed by atoms with Gasteiger partial charge in [0.15, 0.2) is 0 Å². The Morgan fingerprint density at radius 2 is 1.89 bits per heavy atom. The Hall–Kier alpha value is -2.37. The van der Waals surface area contributed by atoms with Crippen LogP contribution in [-0.4, -0.2) is 43.2 Å². The average Bonchev–Trinajstić information content (AvgIpc) is 3.01. The van der Waals surface area contributed by atoms with Gasteiger partial charge in [0.05, 0.1) is 25.2 Å². The minimum absolute atomic E-state index is 0.0160. The zero-order chi connectivity index (χ0) is 18.6. The first-order chi connectivity index (χ1) is 13.2. The van der Waals surface area contributed by atoms with E-state index in [0.717, 1.165) is 37.4 Å². The van der Waals surface area contributed by atoms with Gasteiger partial charge >= 0.3 is 0 Å². The lowest BCUT2D eigenvalue weighted by molar-refractivity contribution is -0.128. The first-order valence-corrected chi connectivity index (χ1v) is 9.53. The van der Waals surface area contributed by atoms with Crippen molar-refractivity contribution >= 4 is 5.91 Å². The molecule has 2 fully saturated rings.